The Morgan fingerprint density at radius 1 is 1.46 bits per heavy atom. The molecule has 1 N–H and O–H groups in total. The Morgan fingerprint density at radius 2 is 2.25 bits per heavy atom. The zero-order valence-electron chi connectivity index (χ0n) is 13.8. The number of halogens is 1. The summed E-state index contributed by atoms with van der Waals surface area (Å²) < 4.78 is 46.0. The van der Waals surface area contributed by atoms with E-state index in [9.17, 15) is 17.9 Å². The molecule has 0 aliphatic carbocycles. The molecule has 3 unspecified atom stereocenters. The van der Waals surface area contributed by atoms with E-state index < -0.39 is 21.4 Å². The molecule has 2 aliphatic heterocycles. The molecule has 3 atom stereocenters. The number of nitrogens with zero attached hydrogens (tertiary/aromatic N) is 1. The summed E-state index contributed by atoms with van der Waals surface area (Å²) in [6.07, 6.45) is 1.98. The Kier molecular flexibility index (Phi) is 4.97. The molecule has 0 bridgehead atoms. The minimum Gasteiger partial charge on any atom is -0.390 e. The zero-order chi connectivity index (χ0) is 17.4. The summed E-state index contributed by atoms with van der Waals surface area (Å²) >= 11 is 0. The highest BCUT2D eigenvalue weighted by atomic mass is 32.2. The van der Waals surface area contributed by atoms with E-state index in [4.69, 9.17) is 4.74 Å². The largest absolute Gasteiger partial charge is 0.390 e. The van der Waals surface area contributed by atoms with Gasteiger partial charge in [0.05, 0.1) is 18.0 Å². The van der Waals surface area contributed by atoms with Crippen LogP contribution in [0.2, 0.25) is 0 Å². The van der Waals surface area contributed by atoms with Gasteiger partial charge in [0, 0.05) is 25.1 Å². The normalized spacial score (nSPS) is 32.1. The van der Waals surface area contributed by atoms with Crippen LogP contribution < -0.4 is 0 Å². The van der Waals surface area contributed by atoms with Crippen molar-refractivity contribution < 1.29 is 22.7 Å². The van der Waals surface area contributed by atoms with Crippen molar-refractivity contribution in [1.29, 1.82) is 0 Å². The van der Waals surface area contributed by atoms with E-state index >= 15 is 0 Å². The van der Waals surface area contributed by atoms with E-state index in [-0.39, 0.29) is 17.7 Å². The lowest BCUT2D eigenvalue weighted by Gasteiger charge is -2.42. The standard InChI is InChI=1S/C17H24FNO4S/c1-17(20)7-9-23-11-15(17)16-6-3-8-19(16)24(21,22)12-13-4-2-5-14(18)10-13/h2,4-5,10,15-16,20H,3,6-9,11-12H2,1H3. The molecule has 2 aliphatic rings. The number of benzene rings is 1. The van der Waals surface area contributed by atoms with Gasteiger partial charge in [-0.15, -0.1) is 0 Å². The second kappa shape index (κ2) is 6.71. The maximum Gasteiger partial charge on any atom is 0.218 e. The van der Waals surface area contributed by atoms with E-state index in [2.05, 4.69) is 0 Å². The van der Waals surface area contributed by atoms with Crippen molar-refractivity contribution >= 4 is 10.0 Å². The highest BCUT2D eigenvalue weighted by Crippen LogP contribution is 2.37. The van der Waals surface area contributed by atoms with E-state index in [0.717, 1.165) is 6.42 Å². The Morgan fingerprint density at radius 3 is 2.96 bits per heavy atom. The Balaban J connectivity index is 1.81. The van der Waals surface area contributed by atoms with Crippen LogP contribution in [0.3, 0.4) is 0 Å². The minimum atomic E-state index is -3.58. The molecule has 1 aromatic carbocycles. The second-order valence-electron chi connectivity index (χ2n) is 7.00. The third-order valence-corrected chi connectivity index (χ3v) is 7.02. The van der Waals surface area contributed by atoms with Crippen molar-refractivity contribution in [3.63, 3.8) is 0 Å². The van der Waals surface area contributed by atoms with Crippen molar-refractivity contribution in [1.82, 2.24) is 4.31 Å². The van der Waals surface area contributed by atoms with Gasteiger partial charge in [-0.1, -0.05) is 12.1 Å². The van der Waals surface area contributed by atoms with Gasteiger partial charge in [-0.05, 0) is 43.9 Å². The second-order valence-corrected chi connectivity index (χ2v) is 8.92. The van der Waals surface area contributed by atoms with Crippen LogP contribution in [0, 0.1) is 11.7 Å². The Hall–Kier alpha value is -1.02. The molecule has 0 aromatic heterocycles. The monoisotopic (exact) mass is 357 g/mol. The first-order chi connectivity index (χ1) is 11.3. The fourth-order valence-electron chi connectivity index (χ4n) is 3.81. The summed E-state index contributed by atoms with van der Waals surface area (Å²) in [5.74, 6) is -0.905. The van der Waals surface area contributed by atoms with Gasteiger partial charge in [0.25, 0.3) is 0 Å². The molecule has 7 heteroatoms. The van der Waals surface area contributed by atoms with Gasteiger partial charge in [-0.3, -0.25) is 0 Å². The van der Waals surface area contributed by atoms with E-state index in [0.29, 0.717) is 38.2 Å². The molecule has 2 fully saturated rings. The third kappa shape index (κ3) is 3.64. The minimum absolute atomic E-state index is 0.225. The van der Waals surface area contributed by atoms with Crippen molar-refractivity contribution in [2.75, 3.05) is 19.8 Å². The lowest BCUT2D eigenvalue weighted by molar-refractivity contribution is -0.116. The molecule has 0 radical (unpaired) electrons. The van der Waals surface area contributed by atoms with Gasteiger partial charge in [0.2, 0.25) is 10.0 Å². The van der Waals surface area contributed by atoms with Crippen molar-refractivity contribution in [2.24, 2.45) is 5.92 Å². The van der Waals surface area contributed by atoms with Crippen molar-refractivity contribution in [2.45, 2.75) is 43.6 Å². The van der Waals surface area contributed by atoms with E-state index in [1.807, 2.05) is 0 Å². The summed E-state index contributed by atoms with van der Waals surface area (Å²) in [6.45, 7) is 3.06. The number of hydrogen-bond donors (Lipinski definition) is 1. The van der Waals surface area contributed by atoms with Gasteiger partial charge < -0.3 is 9.84 Å². The number of ether oxygens (including phenoxy) is 1. The molecule has 2 saturated heterocycles. The molecule has 0 spiro atoms. The quantitative estimate of drug-likeness (QED) is 0.894. The summed E-state index contributed by atoms with van der Waals surface area (Å²) in [5.41, 5.74) is -0.493. The molecule has 5 nitrogen and oxygen atoms in total. The number of hydrogen-bond acceptors (Lipinski definition) is 4. The van der Waals surface area contributed by atoms with Crippen LogP contribution in [-0.2, 0) is 20.5 Å². The molecule has 0 amide bonds. The van der Waals surface area contributed by atoms with Crippen molar-refractivity contribution in [3.05, 3.63) is 35.6 Å². The average molecular weight is 357 g/mol. The summed E-state index contributed by atoms with van der Waals surface area (Å²) in [5, 5.41) is 10.7. The van der Waals surface area contributed by atoms with Gasteiger partial charge in [-0.2, -0.15) is 4.31 Å². The summed E-state index contributed by atoms with van der Waals surface area (Å²) in [7, 11) is -3.58. The van der Waals surface area contributed by atoms with Gasteiger partial charge >= 0.3 is 0 Å². The van der Waals surface area contributed by atoms with Gasteiger partial charge in [-0.25, -0.2) is 12.8 Å². The fourth-order valence-corrected chi connectivity index (χ4v) is 5.65. The first-order valence-corrected chi connectivity index (χ1v) is 9.95. The predicted octanol–water partition coefficient (Wildman–Crippen LogP) is 1.91. The van der Waals surface area contributed by atoms with Crippen LogP contribution in [0.15, 0.2) is 24.3 Å². The third-order valence-electron chi connectivity index (χ3n) is 5.16. The summed E-state index contributed by atoms with van der Waals surface area (Å²) in [4.78, 5) is 0. The molecule has 2 heterocycles. The number of rotatable bonds is 4. The van der Waals surface area contributed by atoms with E-state index in [1.54, 1.807) is 13.0 Å². The maximum absolute atomic E-state index is 13.3. The lowest BCUT2D eigenvalue weighted by atomic mass is 9.80. The van der Waals surface area contributed by atoms with Crippen molar-refractivity contribution in [3.8, 4) is 0 Å². The zero-order valence-corrected chi connectivity index (χ0v) is 14.6. The van der Waals surface area contributed by atoms with Crippen LogP contribution in [0.1, 0.15) is 31.7 Å². The SMILES string of the molecule is CC1(O)CCOCC1C1CCCN1S(=O)(=O)Cc1cccc(F)c1. The lowest BCUT2D eigenvalue weighted by Crippen LogP contribution is -2.53. The smallest absolute Gasteiger partial charge is 0.218 e. The molecular weight excluding hydrogens is 333 g/mol. The Bertz CT molecular complexity index is 692. The summed E-state index contributed by atoms with van der Waals surface area (Å²) in [6, 6.07) is 5.42. The van der Waals surface area contributed by atoms with E-state index in [1.165, 1.54) is 22.5 Å². The molecule has 1 aromatic rings. The van der Waals surface area contributed by atoms with Crippen LogP contribution >= 0.6 is 0 Å². The topological polar surface area (TPSA) is 66.8 Å². The molecule has 24 heavy (non-hydrogen) atoms. The Labute approximate surface area is 142 Å². The molecular formula is C17H24FNO4S. The highest BCUT2D eigenvalue weighted by molar-refractivity contribution is 7.88. The predicted molar refractivity (Wildman–Crippen MR) is 88.3 cm³/mol. The highest BCUT2D eigenvalue weighted by Gasteiger charge is 2.47. The maximum atomic E-state index is 13.3. The molecule has 3 rings (SSSR count). The number of aliphatic hydroxyl groups is 1. The number of sulfonamides is 1. The van der Waals surface area contributed by atoms with Gasteiger partial charge in [0.1, 0.15) is 5.82 Å². The molecule has 134 valence electrons. The van der Waals surface area contributed by atoms with Crippen LogP contribution in [0.5, 0.6) is 0 Å². The van der Waals surface area contributed by atoms with Crippen LogP contribution in [-0.4, -0.2) is 49.2 Å². The first-order valence-electron chi connectivity index (χ1n) is 8.34. The fraction of sp³-hybridized carbons (Fsp3) is 0.647. The first kappa shape index (κ1) is 17.8. The van der Waals surface area contributed by atoms with Crippen LogP contribution in [0.4, 0.5) is 4.39 Å². The van der Waals surface area contributed by atoms with Crippen LogP contribution in [0.25, 0.3) is 0 Å². The van der Waals surface area contributed by atoms with Gasteiger partial charge in [0.15, 0.2) is 0 Å². The average Bonchev–Trinajstić information content (AvgIpc) is 2.96. The molecule has 0 saturated carbocycles.